The maximum atomic E-state index is 9.51. The van der Waals surface area contributed by atoms with E-state index in [1.165, 1.54) is 0 Å². The summed E-state index contributed by atoms with van der Waals surface area (Å²) in [7, 11) is 0. The van der Waals surface area contributed by atoms with Gasteiger partial charge in [-0.3, -0.25) is 0 Å². The highest BCUT2D eigenvalue weighted by molar-refractivity contribution is 8.13. The van der Waals surface area contributed by atoms with E-state index in [1.54, 1.807) is 11.8 Å². The number of aliphatic hydroxyl groups is 1. The molecule has 5 heteroatoms. The lowest BCUT2D eigenvalue weighted by Gasteiger charge is -2.31. The predicted molar refractivity (Wildman–Crippen MR) is 78.9 cm³/mol. The van der Waals surface area contributed by atoms with Crippen molar-refractivity contribution in [1.29, 1.82) is 0 Å². The van der Waals surface area contributed by atoms with Crippen molar-refractivity contribution >= 4 is 34.2 Å². The number of thioether (sulfide) groups is 1. The fourth-order valence-electron chi connectivity index (χ4n) is 1.93. The molecule has 1 N–H and O–H groups in total. The van der Waals surface area contributed by atoms with Crippen molar-refractivity contribution in [3.05, 3.63) is 29.3 Å². The van der Waals surface area contributed by atoms with Crippen molar-refractivity contribution in [1.82, 2.24) is 4.90 Å². The second-order valence-electron chi connectivity index (χ2n) is 4.29. The Kier molecular flexibility index (Phi) is 4.92. The lowest BCUT2D eigenvalue weighted by atomic mass is 10.1. The molecule has 1 aliphatic heterocycles. The van der Waals surface area contributed by atoms with E-state index < -0.39 is 0 Å². The number of nitrogens with zero attached hydrogens (tertiary/aromatic N) is 2. The van der Waals surface area contributed by atoms with Crippen LogP contribution < -0.4 is 0 Å². The number of likely N-dealkylation sites (tertiary alicyclic amines) is 1. The first kappa shape index (κ1) is 13.7. The van der Waals surface area contributed by atoms with Crippen LogP contribution in [0.25, 0.3) is 0 Å². The molecule has 0 spiro atoms. The molecule has 0 unspecified atom stereocenters. The number of benzene rings is 1. The maximum absolute atomic E-state index is 9.51. The second-order valence-corrected chi connectivity index (χ2v) is 5.50. The average Bonchev–Trinajstić information content (AvgIpc) is 2.39. The van der Waals surface area contributed by atoms with Crippen LogP contribution in [0.15, 0.2) is 29.3 Å². The standard InChI is InChI=1S/C13H17ClN2OS/c1-18-13(16-8-6-12(17)7-9-16)15-11-4-2-10(14)3-5-11/h2-5,12,17H,6-9H2,1H3/b15-13-. The van der Waals surface area contributed by atoms with Gasteiger partial charge in [0.1, 0.15) is 0 Å². The van der Waals surface area contributed by atoms with Crippen LogP contribution in [0.1, 0.15) is 12.8 Å². The van der Waals surface area contributed by atoms with Crippen LogP contribution in [0, 0.1) is 0 Å². The highest BCUT2D eigenvalue weighted by Gasteiger charge is 2.19. The van der Waals surface area contributed by atoms with E-state index >= 15 is 0 Å². The van der Waals surface area contributed by atoms with E-state index in [4.69, 9.17) is 11.6 Å². The normalized spacial score (nSPS) is 18.2. The first-order valence-corrected chi connectivity index (χ1v) is 7.60. The molecule has 98 valence electrons. The Morgan fingerprint density at radius 2 is 1.94 bits per heavy atom. The molecule has 0 radical (unpaired) electrons. The molecular formula is C13H17ClN2OS. The summed E-state index contributed by atoms with van der Waals surface area (Å²) < 4.78 is 0. The molecule has 18 heavy (non-hydrogen) atoms. The van der Waals surface area contributed by atoms with Crippen LogP contribution in [0.4, 0.5) is 5.69 Å². The fourth-order valence-corrected chi connectivity index (χ4v) is 2.69. The number of rotatable bonds is 1. The monoisotopic (exact) mass is 284 g/mol. The molecule has 0 aliphatic carbocycles. The van der Waals surface area contributed by atoms with Gasteiger partial charge >= 0.3 is 0 Å². The lowest BCUT2D eigenvalue weighted by molar-refractivity contribution is 0.110. The summed E-state index contributed by atoms with van der Waals surface area (Å²) >= 11 is 7.49. The van der Waals surface area contributed by atoms with Crippen LogP contribution in [0.5, 0.6) is 0 Å². The number of hydrogen-bond acceptors (Lipinski definition) is 3. The van der Waals surface area contributed by atoms with Gasteiger partial charge in [-0.05, 0) is 43.4 Å². The molecule has 2 rings (SSSR count). The van der Waals surface area contributed by atoms with Crippen LogP contribution in [-0.2, 0) is 0 Å². The molecule has 3 nitrogen and oxygen atoms in total. The SMILES string of the molecule is CS/C(=N\c1ccc(Cl)cc1)N1CCC(O)CC1. The summed E-state index contributed by atoms with van der Waals surface area (Å²) in [5, 5.41) is 11.2. The minimum atomic E-state index is -0.153. The molecular weight excluding hydrogens is 268 g/mol. The molecule has 1 aromatic rings. The fraction of sp³-hybridized carbons (Fsp3) is 0.462. The number of piperidine rings is 1. The molecule has 1 fully saturated rings. The maximum Gasteiger partial charge on any atom is 0.164 e. The van der Waals surface area contributed by atoms with Crippen molar-refractivity contribution in [2.45, 2.75) is 18.9 Å². The Bertz CT molecular complexity index is 414. The molecule has 1 heterocycles. The van der Waals surface area contributed by atoms with Gasteiger partial charge in [-0.15, -0.1) is 0 Å². The van der Waals surface area contributed by atoms with E-state index in [9.17, 15) is 5.11 Å². The zero-order valence-corrected chi connectivity index (χ0v) is 11.9. The van der Waals surface area contributed by atoms with Crippen molar-refractivity contribution in [3.8, 4) is 0 Å². The van der Waals surface area contributed by atoms with E-state index in [0.29, 0.717) is 0 Å². The molecule has 0 saturated carbocycles. The van der Waals surface area contributed by atoms with Crippen LogP contribution in [-0.4, -0.2) is 40.6 Å². The number of aliphatic imine (C=N–C) groups is 1. The third-order valence-corrected chi connectivity index (χ3v) is 3.94. The number of hydrogen-bond donors (Lipinski definition) is 1. The van der Waals surface area contributed by atoms with E-state index in [0.717, 1.165) is 41.8 Å². The summed E-state index contributed by atoms with van der Waals surface area (Å²) in [5.74, 6) is 0. The Labute approximate surface area is 117 Å². The predicted octanol–water partition coefficient (Wildman–Crippen LogP) is 3.15. The smallest absolute Gasteiger partial charge is 0.164 e. The van der Waals surface area contributed by atoms with E-state index in [2.05, 4.69) is 9.89 Å². The minimum absolute atomic E-state index is 0.153. The number of amidine groups is 1. The summed E-state index contributed by atoms with van der Waals surface area (Å²) in [4.78, 5) is 6.86. The highest BCUT2D eigenvalue weighted by atomic mass is 35.5. The minimum Gasteiger partial charge on any atom is -0.393 e. The number of halogens is 1. The van der Waals surface area contributed by atoms with Gasteiger partial charge in [0.15, 0.2) is 5.17 Å². The Balaban J connectivity index is 2.10. The van der Waals surface area contributed by atoms with E-state index in [-0.39, 0.29) is 6.10 Å². The molecule has 0 amide bonds. The van der Waals surface area contributed by atoms with Gasteiger partial charge in [-0.1, -0.05) is 23.4 Å². The van der Waals surface area contributed by atoms with Crippen molar-refractivity contribution < 1.29 is 5.11 Å². The topological polar surface area (TPSA) is 35.8 Å². The van der Waals surface area contributed by atoms with Crippen molar-refractivity contribution in [3.63, 3.8) is 0 Å². The van der Waals surface area contributed by atoms with Gasteiger partial charge in [-0.2, -0.15) is 0 Å². The third kappa shape index (κ3) is 3.64. The summed E-state index contributed by atoms with van der Waals surface area (Å²) in [6, 6.07) is 7.52. The summed E-state index contributed by atoms with van der Waals surface area (Å²) in [6.45, 7) is 1.74. The molecule has 1 aromatic carbocycles. The number of aliphatic hydroxyl groups excluding tert-OH is 1. The van der Waals surface area contributed by atoms with Crippen molar-refractivity contribution in [2.24, 2.45) is 4.99 Å². The van der Waals surface area contributed by atoms with E-state index in [1.807, 2.05) is 30.5 Å². The first-order valence-electron chi connectivity index (χ1n) is 6.00. The summed E-state index contributed by atoms with van der Waals surface area (Å²) in [5.41, 5.74) is 0.912. The largest absolute Gasteiger partial charge is 0.393 e. The Morgan fingerprint density at radius 1 is 1.33 bits per heavy atom. The van der Waals surface area contributed by atoms with Gasteiger partial charge in [-0.25, -0.2) is 4.99 Å². The molecule has 1 aliphatic rings. The Morgan fingerprint density at radius 3 is 2.50 bits per heavy atom. The van der Waals surface area contributed by atoms with Crippen LogP contribution >= 0.6 is 23.4 Å². The lowest BCUT2D eigenvalue weighted by Crippen LogP contribution is -2.38. The molecule has 1 saturated heterocycles. The quantitative estimate of drug-likeness (QED) is 0.636. The summed E-state index contributed by atoms with van der Waals surface area (Å²) in [6.07, 6.45) is 3.51. The zero-order chi connectivity index (χ0) is 13.0. The average molecular weight is 285 g/mol. The van der Waals surface area contributed by atoms with Crippen LogP contribution in [0.2, 0.25) is 5.02 Å². The van der Waals surface area contributed by atoms with Gasteiger partial charge in [0.25, 0.3) is 0 Å². The molecule has 0 atom stereocenters. The Hall–Kier alpha value is -0.710. The van der Waals surface area contributed by atoms with Crippen molar-refractivity contribution in [2.75, 3.05) is 19.3 Å². The highest BCUT2D eigenvalue weighted by Crippen LogP contribution is 2.21. The van der Waals surface area contributed by atoms with Gasteiger partial charge < -0.3 is 10.0 Å². The second kappa shape index (κ2) is 6.45. The van der Waals surface area contributed by atoms with Gasteiger partial charge in [0, 0.05) is 18.1 Å². The van der Waals surface area contributed by atoms with Gasteiger partial charge in [0.2, 0.25) is 0 Å². The molecule has 0 aromatic heterocycles. The zero-order valence-electron chi connectivity index (χ0n) is 10.3. The first-order chi connectivity index (χ1) is 8.69. The van der Waals surface area contributed by atoms with Crippen LogP contribution in [0.3, 0.4) is 0 Å². The van der Waals surface area contributed by atoms with Gasteiger partial charge in [0.05, 0.1) is 11.8 Å². The molecule has 0 bridgehead atoms. The third-order valence-electron chi connectivity index (χ3n) is 2.97.